The van der Waals surface area contributed by atoms with Crippen molar-refractivity contribution in [3.05, 3.63) is 58.9 Å². The Hall–Kier alpha value is -2.78. The zero-order valence-corrected chi connectivity index (χ0v) is 20.3. The molecule has 0 radical (unpaired) electrons. The summed E-state index contributed by atoms with van der Waals surface area (Å²) in [4.78, 5) is 0. The first-order chi connectivity index (χ1) is 15.7. The average Bonchev–Trinajstić information content (AvgIpc) is 2.84. The van der Waals surface area contributed by atoms with E-state index in [1.54, 1.807) is 28.4 Å². The minimum atomic E-state index is 0.0365. The summed E-state index contributed by atoms with van der Waals surface area (Å²) >= 11 is 0. The molecule has 2 aromatic carbocycles. The van der Waals surface area contributed by atoms with E-state index in [1.807, 2.05) is 42.5 Å². The molecule has 32 heavy (non-hydrogen) atoms. The van der Waals surface area contributed by atoms with Crippen LogP contribution in [0.2, 0.25) is 0 Å². The number of hydrogen-bond donors (Lipinski definition) is 0. The van der Waals surface area contributed by atoms with Crippen molar-refractivity contribution in [2.24, 2.45) is 0 Å². The van der Waals surface area contributed by atoms with Crippen molar-refractivity contribution < 1.29 is 23.5 Å². The Labute approximate surface area is 193 Å². The van der Waals surface area contributed by atoms with Gasteiger partial charge in [-0.1, -0.05) is 37.1 Å². The van der Waals surface area contributed by atoms with Crippen LogP contribution in [0.25, 0.3) is 12.2 Å². The van der Waals surface area contributed by atoms with E-state index < -0.39 is 0 Å². The Kier molecular flexibility index (Phi) is 11.4. The molecule has 0 atom stereocenters. The van der Waals surface area contributed by atoms with Crippen molar-refractivity contribution in [1.29, 1.82) is 0 Å². The summed E-state index contributed by atoms with van der Waals surface area (Å²) in [6, 6.07) is 11.4. The summed E-state index contributed by atoms with van der Waals surface area (Å²) in [6.07, 6.45) is 12.2. The summed E-state index contributed by atoms with van der Waals surface area (Å²) < 4.78 is 33.4. The van der Waals surface area contributed by atoms with Crippen molar-refractivity contribution in [1.82, 2.24) is 0 Å². The van der Waals surface area contributed by atoms with Crippen molar-refractivity contribution in [2.75, 3.05) is 28.4 Å². The predicted octanol–water partition coefficient (Wildman–Crippen LogP) is 7.41. The highest BCUT2D eigenvalue weighted by Gasteiger charge is 2.09. The van der Waals surface area contributed by atoms with Crippen molar-refractivity contribution in [3.63, 3.8) is 0 Å². The summed E-state index contributed by atoms with van der Waals surface area (Å²) in [5, 5.41) is 0.843. The fraction of sp³-hybridized carbons (Fsp3) is 0.385. The lowest BCUT2D eigenvalue weighted by molar-refractivity contribution is 0.392. The van der Waals surface area contributed by atoms with Crippen LogP contribution in [-0.4, -0.2) is 28.4 Å². The molecule has 6 heteroatoms. The van der Waals surface area contributed by atoms with Crippen LogP contribution in [0.5, 0.6) is 23.0 Å². The zero-order chi connectivity index (χ0) is 23.2. The number of hydrogen-bond acceptors (Lipinski definition) is 5. The minimum Gasteiger partial charge on any atom is -0.496 e. The van der Waals surface area contributed by atoms with Gasteiger partial charge in [-0.15, -0.1) is 0 Å². The summed E-state index contributed by atoms with van der Waals surface area (Å²) in [7, 11) is 6.62. The number of allylic oxidation sites excluding steroid dienone is 2. The van der Waals surface area contributed by atoms with E-state index in [0.717, 1.165) is 66.5 Å². The summed E-state index contributed by atoms with van der Waals surface area (Å²) in [5.41, 5.74) is 1.79. The third kappa shape index (κ3) is 7.42. The molecule has 2 aromatic rings. The normalized spacial score (nSPS) is 11.7. The lowest BCUT2D eigenvalue weighted by Gasteiger charge is -2.10. The molecule has 0 saturated carbocycles. The molecule has 0 spiro atoms. The molecule has 0 N–H and O–H groups in total. The van der Waals surface area contributed by atoms with Gasteiger partial charge in [0, 0.05) is 5.31 Å². The Morgan fingerprint density at radius 2 is 1.25 bits per heavy atom. The first-order valence-electron chi connectivity index (χ1n) is 10.8. The quantitative estimate of drug-likeness (QED) is 0.219. The molecule has 0 aromatic heterocycles. The van der Waals surface area contributed by atoms with E-state index in [-0.39, 0.29) is 8.46 Å². The number of benzene rings is 2. The highest BCUT2D eigenvalue weighted by atomic mass is 31.1. The van der Waals surface area contributed by atoms with Crippen molar-refractivity contribution in [2.45, 2.75) is 38.5 Å². The maximum absolute atomic E-state index is 11.7. The molecule has 0 saturated heterocycles. The number of unbranched alkanes of at least 4 members (excludes halogenated alkanes) is 4. The van der Waals surface area contributed by atoms with Gasteiger partial charge >= 0.3 is 0 Å². The highest BCUT2D eigenvalue weighted by molar-refractivity contribution is 7.29. The van der Waals surface area contributed by atoms with E-state index in [2.05, 4.69) is 12.2 Å². The number of ether oxygens (including phenoxy) is 4. The van der Waals surface area contributed by atoms with Crippen LogP contribution in [0, 0.1) is 0 Å². The molecule has 0 amide bonds. The van der Waals surface area contributed by atoms with Gasteiger partial charge in [-0.05, 0) is 56.0 Å². The standard InChI is InChI=1S/C26H33O5P/c1-28-23-15-11-16-24(29-2)21(23)14-10-8-6-5-7-9-13-20(32-27)19-22-25(30-3)17-12-18-26(22)31-4/h10-12,14-19H,5-9,13H2,1-4H3. The van der Waals surface area contributed by atoms with Gasteiger partial charge in [0.15, 0.2) is 8.46 Å². The van der Waals surface area contributed by atoms with Gasteiger partial charge in [-0.25, -0.2) is 0 Å². The van der Waals surface area contributed by atoms with Gasteiger partial charge in [0.2, 0.25) is 0 Å². The van der Waals surface area contributed by atoms with Gasteiger partial charge < -0.3 is 18.9 Å². The lowest BCUT2D eigenvalue weighted by atomic mass is 10.1. The Morgan fingerprint density at radius 1 is 0.750 bits per heavy atom. The fourth-order valence-corrected chi connectivity index (χ4v) is 3.93. The monoisotopic (exact) mass is 456 g/mol. The van der Waals surface area contributed by atoms with Gasteiger partial charge in [-0.3, -0.25) is 4.57 Å². The smallest absolute Gasteiger partial charge is 0.187 e. The average molecular weight is 457 g/mol. The molecule has 0 aliphatic carbocycles. The molecule has 0 unspecified atom stereocenters. The second-order valence-corrected chi connectivity index (χ2v) is 7.99. The number of methoxy groups -OCH3 is 4. The molecule has 5 nitrogen and oxygen atoms in total. The van der Waals surface area contributed by atoms with Crippen LogP contribution in [0.3, 0.4) is 0 Å². The topological polar surface area (TPSA) is 54.0 Å². The molecule has 0 aliphatic heterocycles. The largest absolute Gasteiger partial charge is 0.496 e. The third-order valence-corrected chi connectivity index (χ3v) is 5.79. The first-order valence-corrected chi connectivity index (χ1v) is 11.6. The van der Waals surface area contributed by atoms with Crippen LogP contribution < -0.4 is 18.9 Å². The zero-order valence-electron chi connectivity index (χ0n) is 19.4. The van der Waals surface area contributed by atoms with E-state index in [9.17, 15) is 4.57 Å². The molecule has 0 bridgehead atoms. The molecule has 0 aliphatic rings. The van der Waals surface area contributed by atoms with E-state index in [1.165, 1.54) is 0 Å². The maximum Gasteiger partial charge on any atom is 0.187 e. The molecule has 2 rings (SSSR count). The van der Waals surface area contributed by atoms with Crippen LogP contribution >= 0.6 is 8.46 Å². The van der Waals surface area contributed by atoms with Crippen LogP contribution in [0.15, 0.2) is 47.8 Å². The fourth-order valence-electron chi connectivity index (χ4n) is 3.50. The third-order valence-electron chi connectivity index (χ3n) is 5.20. The van der Waals surface area contributed by atoms with Crippen LogP contribution in [0.1, 0.15) is 49.7 Å². The Balaban J connectivity index is 1.81. The Bertz CT molecular complexity index is 876. The van der Waals surface area contributed by atoms with E-state index >= 15 is 0 Å². The summed E-state index contributed by atoms with van der Waals surface area (Å²) in [6.45, 7) is 0. The van der Waals surface area contributed by atoms with E-state index in [4.69, 9.17) is 18.9 Å². The van der Waals surface area contributed by atoms with E-state index in [0.29, 0.717) is 11.5 Å². The number of rotatable bonds is 14. The van der Waals surface area contributed by atoms with Gasteiger partial charge in [0.05, 0.1) is 39.6 Å². The van der Waals surface area contributed by atoms with Crippen LogP contribution in [0.4, 0.5) is 0 Å². The second kappa shape index (κ2) is 14.3. The van der Waals surface area contributed by atoms with Gasteiger partial charge in [-0.2, -0.15) is 0 Å². The molecule has 0 fully saturated rings. The lowest BCUT2D eigenvalue weighted by Crippen LogP contribution is -1.92. The molecular formula is C26H33O5P. The maximum atomic E-state index is 11.7. The van der Waals surface area contributed by atoms with Crippen molar-refractivity contribution >= 4 is 20.6 Å². The summed E-state index contributed by atoms with van der Waals surface area (Å²) in [5.74, 6) is 3.04. The Morgan fingerprint density at radius 3 is 1.75 bits per heavy atom. The molecule has 0 heterocycles. The predicted molar refractivity (Wildman–Crippen MR) is 131 cm³/mol. The van der Waals surface area contributed by atoms with Crippen LogP contribution in [-0.2, 0) is 4.57 Å². The molecular weight excluding hydrogens is 423 g/mol. The van der Waals surface area contributed by atoms with Crippen molar-refractivity contribution in [3.8, 4) is 23.0 Å². The second-order valence-electron chi connectivity index (χ2n) is 7.23. The van der Waals surface area contributed by atoms with Gasteiger partial charge in [0.1, 0.15) is 23.0 Å². The minimum absolute atomic E-state index is 0.0365. The highest BCUT2D eigenvalue weighted by Crippen LogP contribution is 2.34. The molecule has 172 valence electrons. The first kappa shape index (κ1) is 25.5. The van der Waals surface area contributed by atoms with Gasteiger partial charge in [0.25, 0.3) is 0 Å². The SMILES string of the molecule is COc1cccc(OC)c1C=CCCCCCCC(=Cc1c(OC)cccc1OC)P=O.